The standard InChI is InChI=1S/C16H19NO4S/c1-11(2)12-4-9-15(21-3)16(10-12)22(19,20)17-13-5-7-14(18)8-6-13/h4-11,17-18H,1-3H3. The Labute approximate surface area is 130 Å². The second-order valence-corrected chi connectivity index (χ2v) is 6.87. The predicted octanol–water partition coefficient (Wildman–Crippen LogP) is 3.33. The Morgan fingerprint density at radius 2 is 1.73 bits per heavy atom. The molecular formula is C16H19NO4S. The maximum atomic E-state index is 12.6. The largest absolute Gasteiger partial charge is 0.508 e. The maximum Gasteiger partial charge on any atom is 0.265 e. The molecule has 2 aromatic rings. The topological polar surface area (TPSA) is 75.6 Å². The van der Waals surface area contributed by atoms with Crippen LogP contribution in [0.25, 0.3) is 0 Å². The molecular weight excluding hydrogens is 302 g/mol. The van der Waals surface area contributed by atoms with Crippen LogP contribution in [0.5, 0.6) is 11.5 Å². The van der Waals surface area contributed by atoms with Gasteiger partial charge in [-0.15, -0.1) is 0 Å². The Balaban J connectivity index is 2.43. The smallest absolute Gasteiger partial charge is 0.265 e. The lowest BCUT2D eigenvalue weighted by atomic mass is 10.0. The van der Waals surface area contributed by atoms with Gasteiger partial charge in [-0.2, -0.15) is 0 Å². The van der Waals surface area contributed by atoms with Crippen molar-refractivity contribution in [1.29, 1.82) is 0 Å². The molecule has 0 radical (unpaired) electrons. The molecule has 22 heavy (non-hydrogen) atoms. The van der Waals surface area contributed by atoms with E-state index in [2.05, 4.69) is 4.72 Å². The van der Waals surface area contributed by atoms with Gasteiger partial charge in [0, 0.05) is 5.69 Å². The number of sulfonamides is 1. The molecule has 2 aromatic carbocycles. The van der Waals surface area contributed by atoms with Crippen LogP contribution in [0.3, 0.4) is 0 Å². The summed E-state index contributed by atoms with van der Waals surface area (Å²) in [5.74, 6) is 0.562. The minimum atomic E-state index is -3.78. The number of nitrogens with one attached hydrogen (secondary N) is 1. The Morgan fingerprint density at radius 1 is 1.09 bits per heavy atom. The van der Waals surface area contributed by atoms with E-state index in [1.165, 1.54) is 31.4 Å². The Kier molecular flexibility index (Phi) is 4.61. The van der Waals surface area contributed by atoms with E-state index in [1.807, 2.05) is 19.9 Å². The number of aromatic hydroxyl groups is 1. The number of anilines is 1. The van der Waals surface area contributed by atoms with E-state index < -0.39 is 10.0 Å². The molecule has 0 aromatic heterocycles. The molecule has 0 saturated carbocycles. The molecule has 118 valence electrons. The third-order valence-electron chi connectivity index (χ3n) is 3.26. The predicted molar refractivity (Wildman–Crippen MR) is 86.0 cm³/mol. The van der Waals surface area contributed by atoms with E-state index in [0.29, 0.717) is 5.69 Å². The number of methoxy groups -OCH3 is 1. The fraction of sp³-hybridized carbons (Fsp3) is 0.250. The van der Waals surface area contributed by atoms with Crippen LogP contribution in [0.1, 0.15) is 25.3 Å². The van der Waals surface area contributed by atoms with Gasteiger partial charge in [-0.05, 0) is 47.9 Å². The molecule has 0 spiro atoms. The summed E-state index contributed by atoms with van der Waals surface area (Å²) in [5, 5.41) is 9.25. The summed E-state index contributed by atoms with van der Waals surface area (Å²) in [6.07, 6.45) is 0. The van der Waals surface area contributed by atoms with Crippen molar-refractivity contribution in [3.05, 3.63) is 48.0 Å². The highest BCUT2D eigenvalue weighted by molar-refractivity contribution is 7.92. The number of rotatable bonds is 5. The van der Waals surface area contributed by atoms with Crippen molar-refractivity contribution in [2.45, 2.75) is 24.7 Å². The first kappa shape index (κ1) is 16.2. The monoisotopic (exact) mass is 321 g/mol. The molecule has 0 atom stereocenters. The van der Waals surface area contributed by atoms with Crippen molar-refractivity contribution in [3.63, 3.8) is 0 Å². The lowest BCUT2D eigenvalue weighted by molar-refractivity contribution is 0.402. The fourth-order valence-corrected chi connectivity index (χ4v) is 3.27. The zero-order chi connectivity index (χ0) is 16.3. The number of phenols is 1. The van der Waals surface area contributed by atoms with Gasteiger partial charge >= 0.3 is 0 Å². The van der Waals surface area contributed by atoms with Crippen LogP contribution in [-0.4, -0.2) is 20.6 Å². The Hall–Kier alpha value is -2.21. The average molecular weight is 321 g/mol. The zero-order valence-electron chi connectivity index (χ0n) is 12.7. The summed E-state index contributed by atoms with van der Waals surface area (Å²) >= 11 is 0. The van der Waals surface area contributed by atoms with Crippen molar-refractivity contribution < 1.29 is 18.3 Å². The molecule has 0 aliphatic carbocycles. The highest BCUT2D eigenvalue weighted by atomic mass is 32.2. The molecule has 0 saturated heterocycles. The summed E-state index contributed by atoms with van der Waals surface area (Å²) in [6, 6.07) is 10.9. The second kappa shape index (κ2) is 6.27. The first-order valence-corrected chi connectivity index (χ1v) is 8.31. The fourth-order valence-electron chi connectivity index (χ4n) is 2.00. The lowest BCUT2D eigenvalue weighted by Gasteiger charge is -2.14. The van der Waals surface area contributed by atoms with E-state index in [0.717, 1.165) is 5.56 Å². The van der Waals surface area contributed by atoms with Crippen LogP contribution in [0.4, 0.5) is 5.69 Å². The van der Waals surface area contributed by atoms with Crippen molar-refractivity contribution in [1.82, 2.24) is 0 Å². The summed E-state index contributed by atoms with van der Waals surface area (Å²) in [6.45, 7) is 3.98. The number of ether oxygens (including phenoxy) is 1. The molecule has 0 aliphatic rings. The number of hydrogen-bond donors (Lipinski definition) is 2. The molecule has 0 aliphatic heterocycles. The van der Waals surface area contributed by atoms with Gasteiger partial charge in [0.25, 0.3) is 10.0 Å². The molecule has 0 amide bonds. The van der Waals surface area contributed by atoms with Gasteiger partial charge in [-0.1, -0.05) is 19.9 Å². The Morgan fingerprint density at radius 3 is 2.27 bits per heavy atom. The second-order valence-electron chi connectivity index (χ2n) is 5.22. The first-order chi connectivity index (χ1) is 10.3. The van der Waals surface area contributed by atoms with Crippen molar-refractivity contribution >= 4 is 15.7 Å². The summed E-state index contributed by atoms with van der Waals surface area (Å²) in [5.41, 5.74) is 1.28. The highest BCUT2D eigenvalue weighted by Crippen LogP contribution is 2.29. The number of hydrogen-bond acceptors (Lipinski definition) is 4. The molecule has 5 nitrogen and oxygen atoms in total. The van der Waals surface area contributed by atoms with Gasteiger partial charge in [0.1, 0.15) is 16.4 Å². The maximum absolute atomic E-state index is 12.6. The van der Waals surface area contributed by atoms with E-state index >= 15 is 0 Å². The van der Waals surface area contributed by atoms with Crippen LogP contribution in [-0.2, 0) is 10.0 Å². The van der Waals surface area contributed by atoms with Crippen LogP contribution >= 0.6 is 0 Å². The Bertz CT molecular complexity index is 752. The molecule has 0 fully saturated rings. The highest BCUT2D eigenvalue weighted by Gasteiger charge is 2.21. The van der Waals surface area contributed by atoms with E-state index in [4.69, 9.17) is 4.74 Å². The third-order valence-corrected chi connectivity index (χ3v) is 4.67. The van der Waals surface area contributed by atoms with Gasteiger partial charge in [0.2, 0.25) is 0 Å². The zero-order valence-corrected chi connectivity index (χ0v) is 13.5. The quantitative estimate of drug-likeness (QED) is 0.828. The normalized spacial score (nSPS) is 11.5. The van der Waals surface area contributed by atoms with Crippen LogP contribution in [0.15, 0.2) is 47.4 Å². The van der Waals surface area contributed by atoms with Crippen LogP contribution < -0.4 is 9.46 Å². The van der Waals surface area contributed by atoms with E-state index in [1.54, 1.807) is 12.1 Å². The summed E-state index contributed by atoms with van der Waals surface area (Å²) in [4.78, 5) is 0.0919. The van der Waals surface area contributed by atoms with Crippen LogP contribution in [0, 0.1) is 0 Å². The molecule has 2 N–H and O–H groups in total. The molecule has 0 bridgehead atoms. The van der Waals surface area contributed by atoms with Gasteiger partial charge in [-0.3, -0.25) is 4.72 Å². The minimum Gasteiger partial charge on any atom is -0.508 e. The van der Waals surface area contributed by atoms with Gasteiger partial charge in [0.15, 0.2) is 0 Å². The lowest BCUT2D eigenvalue weighted by Crippen LogP contribution is -2.14. The van der Waals surface area contributed by atoms with Crippen molar-refractivity contribution in [2.24, 2.45) is 0 Å². The van der Waals surface area contributed by atoms with Crippen LogP contribution in [0.2, 0.25) is 0 Å². The molecule has 0 unspecified atom stereocenters. The van der Waals surface area contributed by atoms with E-state index in [-0.39, 0.29) is 22.3 Å². The van der Waals surface area contributed by atoms with Gasteiger partial charge in [-0.25, -0.2) is 8.42 Å². The minimum absolute atomic E-state index is 0.0716. The van der Waals surface area contributed by atoms with Crippen molar-refractivity contribution in [2.75, 3.05) is 11.8 Å². The third kappa shape index (κ3) is 3.51. The first-order valence-electron chi connectivity index (χ1n) is 6.83. The number of benzene rings is 2. The summed E-state index contributed by atoms with van der Waals surface area (Å²) < 4.78 is 32.8. The molecule has 6 heteroatoms. The molecule has 2 rings (SSSR count). The average Bonchev–Trinajstić information content (AvgIpc) is 2.48. The molecule has 0 heterocycles. The van der Waals surface area contributed by atoms with E-state index in [9.17, 15) is 13.5 Å². The van der Waals surface area contributed by atoms with Gasteiger partial charge in [0.05, 0.1) is 7.11 Å². The van der Waals surface area contributed by atoms with Gasteiger partial charge < -0.3 is 9.84 Å². The summed E-state index contributed by atoms with van der Waals surface area (Å²) in [7, 11) is -2.35. The number of phenolic OH excluding ortho intramolecular Hbond substituents is 1. The van der Waals surface area contributed by atoms with Crippen molar-refractivity contribution in [3.8, 4) is 11.5 Å². The SMILES string of the molecule is COc1ccc(C(C)C)cc1S(=O)(=O)Nc1ccc(O)cc1.